The van der Waals surface area contributed by atoms with E-state index in [-0.39, 0.29) is 11.4 Å². The van der Waals surface area contributed by atoms with Crippen molar-refractivity contribution >= 4 is 15.7 Å². The molecule has 0 bridgehead atoms. The molecule has 6 heteroatoms. The summed E-state index contributed by atoms with van der Waals surface area (Å²) in [4.78, 5) is 4.12. The molecular weight excluding hydrogens is 274 g/mol. The minimum atomic E-state index is -3.62. The Hall–Kier alpha value is -1.92. The van der Waals surface area contributed by atoms with Crippen LogP contribution in [0.15, 0.2) is 47.5 Å². The summed E-state index contributed by atoms with van der Waals surface area (Å²) in [5.41, 5.74) is 7.71. The van der Waals surface area contributed by atoms with E-state index < -0.39 is 10.0 Å². The monoisotopic (exact) mass is 291 g/mol. The third kappa shape index (κ3) is 3.34. The number of nitrogens with zero attached hydrogens (tertiary/aromatic N) is 1. The number of nitrogens with one attached hydrogen (secondary N) is 1. The standard InChI is InChI=1S/C14H17N3O2S/c1-2-11-4-3-5-12(8-11)17-20(18,19)14-7-6-13(9-15)16-10-14/h3-8,10,17H,2,9,15H2,1H3. The van der Waals surface area contributed by atoms with Crippen LogP contribution in [0.3, 0.4) is 0 Å². The van der Waals surface area contributed by atoms with E-state index in [0.717, 1.165) is 12.0 Å². The van der Waals surface area contributed by atoms with E-state index in [1.807, 2.05) is 25.1 Å². The van der Waals surface area contributed by atoms with Gasteiger partial charge in [-0.3, -0.25) is 9.71 Å². The number of hydrogen-bond donors (Lipinski definition) is 2. The van der Waals surface area contributed by atoms with Gasteiger partial charge in [-0.1, -0.05) is 19.1 Å². The van der Waals surface area contributed by atoms with Crippen LogP contribution in [0.2, 0.25) is 0 Å². The number of nitrogens with two attached hydrogens (primary N) is 1. The first-order chi connectivity index (χ1) is 9.55. The molecule has 3 N–H and O–H groups in total. The fraction of sp³-hybridized carbons (Fsp3) is 0.214. The summed E-state index contributed by atoms with van der Waals surface area (Å²) >= 11 is 0. The molecule has 0 aliphatic rings. The van der Waals surface area contributed by atoms with Crippen molar-refractivity contribution in [2.45, 2.75) is 24.8 Å². The highest BCUT2D eigenvalue weighted by molar-refractivity contribution is 7.92. The minimum Gasteiger partial charge on any atom is -0.325 e. The Morgan fingerprint density at radius 2 is 2.05 bits per heavy atom. The molecule has 106 valence electrons. The molecule has 0 saturated heterocycles. The largest absolute Gasteiger partial charge is 0.325 e. The lowest BCUT2D eigenvalue weighted by Crippen LogP contribution is -2.13. The molecule has 0 radical (unpaired) electrons. The normalized spacial score (nSPS) is 11.3. The van der Waals surface area contributed by atoms with Gasteiger partial charge in [0, 0.05) is 18.4 Å². The Morgan fingerprint density at radius 1 is 1.25 bits per heavy atom. The molecule has 0 fully saturated rings. The highest BCUT2D eigenvalue weighted by Gasteiger charge is 2.14. The van der Waals surface area contributed by atoms with Gasteiger partial charge in [0.1, 0.15) is 4.90 Å². The molecule has 0 saturated carbocycles. The molecule has 0 amide bonds. The SMILES string of the molecule is CCc1cccc(NS(=O)(=O)c2ccc(CN)nc2)c1. The number of pyridine rings is 1. The Balaban J connectivity index is 2.25. The maximum Gasteiger partial charge on any atom is 0.263 e. The first-order valence-electron chi connectivity index (χ1n) is 6.32. The van der Waals surface area contributed by atoms with Crippen LogP contribution in [0, 0.1) is 0 Å². The molecule has 0 aliphatic heterocycles. The van der Waals surface area contributed by atoms with Gasteiger partial charge in [0.05, 0.1) is 5.69 Å². The molecule has 0 spiro atoms. The average molecular weight is 291 g/mol. The highest BCUT2D eigenvalue weighted by Crippen LogP contribution is 2.17. The van der Waals surface area contributed by atoms with E-state index >= 15 is 0 Å². The number of benzene rings is 1. The fourth-order valence-corrected chi connectivity index (χ4v) is 2.75. The van der Waals surface area contributed by atoms with Crippen molar-refractivity contribution in [3.05, 3.63) is 53.9 Å². The first-order valence-corrected chi connectivity index (χ1v) is 7.80. The lowest BCUT2D eigenvalue weighted by molar-refractivity contribution is 0.600. The number of aromatic nitrogens is 1. The van der Waals surface area contributed by atoms with E-state index in [4.69, 9.17) is 5.73 Å². The summed E-state index contributed by atoms with van der Waals surface area (Å²) < 4.78 is 27.0. The van der Waals surface area contributed by atoms with Crippen LogP contribution in [-0.2, 0) is 23.0 Å². The van der Waals surface area contributed by atoms with Gasteiger partial charge in [-0.05, 0) is 36.2 Å². The van der Waals surface area contributed by atoms with Crippen molar-refractivity contribution in [2.75, 3.05) is 4.72 Å². The topological polar surface area (TPSA) is 85.1 Å². The molecule has 0 aliphatic carbocycles. The molecule has 0 unspecified atom stereocenters. The Bertz CT molecular complexity index is 682. The second-order valence-electron chi connectivity index (χ2n) is 4.35. The fourth-order valence-electron chi connectivity index (χ4n) is 1.76. The van der Waals surface area contributed by atoms with Gasteiger partial charge < -0.3 is 5.73 Å². The maximum absolute atomic E-state index is 12.2. The van der Waals surface area contributed by atoms with Gasteiger partial charge in [-0.15, -0.1) is 0 Å². The quantitative estimate of drug-likeness (QED) is 0.881. The molecule has 20 heavy (non-hydrogen) atoms. The number of anilines is 1. The Labute approximate surface area is 118 Å². The van der Waals surface area contributed by atoms with Crippen LogP contribution >= 0.6 is 0 Å². The zero-order valence-corrected chi connectivity index (χ0v) is 12.0. The zero-order valence-electron chi connectivity index (χ0n) is 11.2. The van der Waals surface area contributed by atoms with Crippen LogP contribution < -0.4 is 10.5 Å². The van der Waals surface area contributed by atoms with E-state index in [1.165, 1.54) is 12.3 Å². The lowest BCUT2D eigenvalue weighted by atomic mass is 10.1. The van der Waals surface area contributed by atoms with E-state index in [1.54, 1.807) is 12.1 Å². The van der Waals surface area contributed by atoms with Crippen molar-refractivity contribution in [3.63, 3.8) is 0 Å². The van der Waals surface area contributed by atoms with Crippen LogP contribution in [0.4, 0.5) is 5.69 Å². The van der Waals surface area contributed by atoms with Crippen LogP contribution in [0.1, 0.15) is 18.2 Å². The van der Waals surface area contributed by atoms with E-state index in [2.05, 4.69) is 9.71 Å². The summed E-state index contributed by atoms with van der Waals surface area (Å²) in [7, 11) is -3.62. The van der Waals surface area contributed by atoms with Crippen molar-refractivity contribution in [2.24, 2.45) is 5.73 Å². The predicted molar refractivity (Wildman–Crippen MR) is 78.8 cm³/mol. The Kier molecular flexibility index (Phi) is 4.36. The highest BCUT2D eigenvalue weighted by atomic mass is 32.2. The van der Waals surface area contributed by atoms with Crippen LogP contribution in [0.5, 0.6) is 0 Å². The summed E-state index contributed by atoms with van der Waals surface area (Å²) in [5.74, 6) is 0. The summed E-state index contributed by atoms with van der Waals surface area (Å²) in [6, 6.07) is 10.4. The molecule has 1 aromatic heterocycles. The average Bonchev–Trinajstić information content (AvgIpc) is 2.47. The summed E-state index contributed by atoms with van der Waals surface area (Å²) in [6.07, 6.45) is 2.16. The number of rotatable bonds is 5. The van der Waals surface area contributed by atoms with Crippen molar-refractivity contribution in [1.29, 1.82) is 0 Å². The van der Waals surface area contributed by atoms with Gasteiger partial charge in [0.25, 0.3) is 10.0 Å². The molecular formula is C14H17N3O2S. The lowest BCUT2D eigenvalue weighted by Gasteiger charge is -2.09. The van der Waals surface area contributed by atoms with E-state index in [9.17, 15) is 8.42 Å². The van der Waals surface area contributed by atoms with Gasteiger partial charge in [-0.25, -0.2) is 8.42 Å². The molecule has 2 aromatic rings. The molecule has 5 nitrogen and oxygen atoms in total. The van der Waals surface area contributed by atoms with Crippen molar-refractivity contribution in [3.8, 4) is 0 Å². The van der Waals surface area contributed by atoms with Gasteiger partial charge in [0.2, 0.25) is 0 Å². The van der Waals surface area contributed by atoms with Crippen molar-refractivity contribution < 1.29 is 8.42 Å². The second kappa shape index (κ2) is 6.02. The predicted octanol–water partition coefficient (Wildman–Crippen LogP) is 1.90. The first kappa shape index (κ1) is 14.5. The maximum atomic E-state index is 12.2. The van der Waals surface area contributed by atoms with Gasteiger partial charge in [-0.2, -0.15) is 0 Å². The number of sulfonamides is 1. The smallest absolute Gasteiger partial charge is 0.263 e. The minimum absolute atomic E-state index is 0.122. The summed E-state index contributed by atoms with van der Waals surface area (Å²) in [5, 5.41) is 0. The third-order valence-electron chi connectivity index (χ3n) is 2.90. The molecule has 2 rings (SSSR count). The summed E-state index contributed by atoms with van der Waals surface area (Å²) in [6.45, 7) is 2.30. The molecule has 0 atom stereocenters. The van der Waals surface area contributed by atoms with Gasteiger partial charge in [0.15, 0.2) is 0 Å². The second-order valence-corrected chi connectivity index (χ2v) is 6.03. The zero-order chi connectivity index (χ0) is 14.6. The van der Waals surface area contributed by atoms with E-state index in [0.29, 0.717) is 11.4 Å². The molecule has 1 aromatic carbocycles. The number of aryl methyl sites for hydroxylation is 1. The molecule has 1 heterocycles. The van der Waals surface area contributed by atoms with Crippen LogP contribution in [-0.4, -0.2) is 13.4 Å². The van der Waals surface area contributed by atoms with Crippen LogP contribution in [0.25, 0.3) is 0 Å². The van der Waals surface area contributed by atoms with Crippen molar-refractivity contribution in [1.82, 2.24) is 4.98 Å². The Morgan fingerprint density at radius 3 is 2.65 bits per heavy atom. The number of hydrogen-bond acceptors (Lipinski definition) is 4. The third-order valence-corrected chi connectivity index (χ3v) is 4.27. The van der Waals surface area contributed by atoms with Gasteiger partial charge >= 0.3 is 0 Å².